The Hall–Kier alpha value is -1.10. The van der Waals surface area contributed by atoms with E-state index in [9.17, 15) is 4.39 Å². The third kappa shape index (κ3) is 1.80. The normalized spacial score (nSPS) is 13.5. The van der Waals surface area contributed by atoms with Crippen molar-refractivity contribution in [2.75, 3.05) is 5.32 Å². The van der Waals surface area contributed by atoms with Gasteiger partial charge < -0.3 is 11.1 Å². The highest BCUT2D eigenvalue weighted by molar-refractivity contribution is 8.93. The van der Waals surface area contributed by atoms with Crippen LogP contribution < -0.4 is 11.1 Å². The molecule has 1 aromatic carbocycles. The number of halogens is 2. The van der Waals surface area contributed by atoms with Crippen molar-refractivity contribution in [3.8, 4) is 0 Å². The summed E-state index contributed by atoms with van der Waals surface area (Å²) < 4.78 is 13.1. The number of hydrogen-bond acceptors (Lipinski definition) is 3. The van der Waals surface area contributed by atoms with Crippen LogP contribution in [0.2, 0.25) is 0 Å². The average Bonchev–Trinajstić information content (AvgIpc) is 2.07. The lowest BCUT2D eigenvalue weighted by Gasteiger charge is -2.15. The zero-order valence-corrected chi connectivity index (χ0v) is 8.46. The average molecular weight is 246 g/mol. The minimum Gasteiger partial charge on any atom is -0.370 e. The van der Waals surface area contributed by atoms with E-state index in [4.69, 9.17) is 5.73 Å². The number of fused-ring (bicyclic) bond motifs is 1. The number of nitrogens with one attached hydrogen (secondary N) is 1. The lowest BCUT2D eigenvalue weighted by Crippen LogP contribution is -2.26. The van der Waals surface area contributed by atoms with Gasteiger partial charge in [-0.25, -0.2) is 9.38 Å². The van der Waals surface area contributed by atoms with Crippen molar-refractivity contribution < 1.29 is 4.39 Å². The molecular formula is C8H9BrFN3. The van der Waals surface area contributed by atoms with Crippen molar-refractivity contribution in [1.82, 2.24) is 0 Å². The quantitative estimate of drug-likeness (QED) is 0.731. The van der Waals surface area contributed by atoms with Crippen LogP contribution in [-0.2, 0) is 6.54 Å². The lowest BCUT2D eigenvalue weighted by molar-refractivity contribution is 0.629. The molecule has 1 heterocycles. The van der Waals surface area contributed by atoms with E-state index in [1.807, 2.05) is 6.07 Å². The van der Waals surface area contributed by atoms with Crippen LogP contribution in [0.3, 0.4) is 0 Å². The summed E-state index contributed by atoms with van der Waals surface area (Å²) in [7, 11) is 0. The molecule has 0 saturated carbocycles. The van der Waals surface area contributed by atoms with Gasteiger partial charge in [0.15, 0.2) is 5.96 Å². The molecule has 0 unspecified atom stereocenters. The number of nitrogens with zero attached hydrogens (tertiary/aromatic N) is 1. The minimum atomic E-state index is -0.287. The van der Waals surface area contributed by atoms with E-state index >= 15 is 0 Å². The molecule has 70 valence electrons. The van der Waals surface area contributed by atoms with Gasteiger partial charge in [0.25, 0.3) is 0 Å². The number of guanidine groups is 1. The number of aliphatic imine (C=N–C) groups is 1. The van der Waals surface area contributed by atoms with E-state index < -0.39 is 0 Å². The number of para-hydroxylation sites is 1. The number of rotatable bonds is 0. The van der Waals surface area contributed by atoms with E-state index in [0.29, 0.717) is 12.2 Å². The van der Waals surface area contributed by atoms with Crippen LogP contribution in [0.1, 0.15) is 5.56 Å². The Labute approximate surface area is 85.6 Å². The molecule has 2 rings (SSSR count). The molecule has 0 saturated heterocycles. The predicted molar refractivity (Wildman–Crippen MR) is 55.7 cm³/mol. The second kappa shape index (κ2) is 3.74. The third-order valence-electron chi connectivity index (χ3n) is 1.77. The first-order valence-corrected chi connectivity index (χ1v) is 3.62. The maximum atomic E-state index is 13.1. The zero-order chi connectivity index (χ0) is 8.55. The first-order chi connectivity index (χ1) is 5.77. The van der Waals surface area contributed by atoms with Gasteiger partial charge in [0, 0.05) is 5.56 Å². The molecular weight excluding hydrogens is 237 g/mol. The molecule has 0 aliphatic carbocycles. The predicted octanol–water partition coefficient (Wildman–Crippen LogP) is 1.64. The Bertz CT molecular complexity index is 351. The second-order valence-electron chi connectivity index (χ2n) is 2.60. The first kappa shape index (κ1) is 9.98. The number of nitrogens with two attached hydrogens (primary N) is 1. The van der Waals surface area contributed by atoms with Gasteiger partial charge in [-0.15, -0.1) is 17.0 Å². The molecule has 0 bridgehead atoms. The topological polar surface area (TPSA) is 50.4 Å². The lowest BCUT2D eigenvalue weighted by atomic mass is 10.1. The number of benzene rings is 1. The molecule has 0 radical (unpaired) electrons. The van der Waals surface area contributed by atoms with Gasteiger partial charge in [-0.3, -0.25) is 0 Å². The molecule has 0 fully saturated rings. The molecule has 0 aromatic heterocycles. The summed E-state index contributed by atoms with van der Waals surface area (Å²) in [6.07, 6.45) is 0. The highest BCUT2D eigenvalue weighted by Gasteiger charge is 2.12. The van der Waals surface area contributed by atoms with Gasteiger partial charge in [-0.1, -0.05) is 12.1 Å². The maximum absolute atomic E-state index is 13.1. The largest absolute Gasteiger partial charge is 0.370 e. The van der Waals surface area contributed by atoms with Gasteiger partial charge in [0.05, 0.1) is 12.2 Å². The summed E-state index contributed by atoms with van der Waals surface area (Å²) in [5, 5.41) is 2.68. The van der Waals surface area contributed by atoms with E-state index in [0.717, 1.165) is 5.56 Å². The van der Waals surface area contributed by atoms with E-state index in [1.165, 1.54) is 6.07 Å². The summed E-state index contributed by atoms with van der Waals surface area (Å²) in [4.78, 5) is 3.93. The third-order valence-corrected chi connectivity index (χ3v) is 1.77. The fourth-order valence-corrected chi connectivity index (χ4v) is 1.18. The minimum absolute atomic E-state index is 0. The molecule has 1 aliphatic heterocycles. The van der Waals surface area contributed by atoms with Crippen molar-refractivity contribution in [2.24, 2.45) is 10.7 Å². The molecule has 0 amide bonds. The van der Waals surface area contributed by atoms with Crippen LogP contribution in [0.4, 0.5) is 10.1 Å². The maximum Gasteiger partial charge on any atom is 0.193 e. The van der Waals surface area contributed by atoms with Crippen molar-refractivity contribution >= 4 is 28.6 Å². The Kier molecular flexibility index (Phi) is 2.87. The van der Waals surface area contributed by atoms with Gasteiger partial charge >= 0.3 is 0 Å². The Morgan fingerprint density at radius 3 is 3.00 bits per heavy atom. The number of hydrogen-bond donors (Lipinski definition) is 2. The SMILES string of the molecule is Br.NC1=NCc2cccc(F)c2N1. The van der Waals surface area contributed by atoms with E-state index in [-0.39, 0.29) is 28.8 Å². The Balaban J connectivity index is 0.000000845. The van der Waals surface area contributed by atoms with Crippen molar-refractivity contribution in [2.45, 2.75) is 6.54 Å². The highest BCUT2D eigenvalue weighted by Crippen LogP contribution is 2.22. The molecule has 1 aliphatic rings. The van der Waals surface area contributed by atoms with Gasteiger partial charge in [-0.2, -0.15) is 0 Å². The van der Waals surface area contributed by atoms with Crippen molar-refractivity contribution in [3.63, 3.8) is 0 Å². The monoisotopic (exact) mass is 245 g/mol. The van der Waals surface area contributed by atoms with Crippen LogP contribution >= 0.6 is 17.0 Å². The molecule has 0 spiro atoms. The fourth-order valence-electron chi connectivity index (χ4n) is 1.18. The first-order valence-electron chi connectivity index (χ1n) is 3.62. The molecule has 13 heavy (non-hydrogen) atoms. The highest BCUT2D eigenvalue weighted by atomic mass is 79.9. The van der Waals surface area contributed by atoms with Gasteiger partial charge in [0.1, 0.15) is 5.82 Å². The Morgan fingerprint density at radius 2 is 2.23 bits per heavy atom. The Morgan fingerprint density at radius 1 is 1.46 bits per heavy atom. The summed E-state index contributed by atoms with van der Waals surface area (Å²) in [6.45, 7) is 0.450. The molecule has 5 heteroatoms. The molecule has 0 atom stereocenters. The smallest absolute Gasteiger partial charge is 0.193 e. The second-order valence-corrected chi connectivity index (χ2v) is 2.60. The van der Waals surface area contributed by atoms with Crippen molar-refractivity contribution in [1.29, 1.82) is 0 Å². The molecule has 3 N–H and O–H groups in total. The van der Waals surface area contributed by atoms with Gasteiger partial charge in [-0.05, 0) is 6.07 Å². The zero-order valence-electron chi connectivity index (χ0n) is 6.75. The van der Waals surface area contributed by atoms with Gasteiger partial charge in [0.2, 0.25) is 0 Å². The van der Waals surface area contributed by atoms with Crippen LogP contribution in [0.25, 0.3) is 0 Å². The summed E-state index contributed by atoms with van der Waals surface area (Å²) in [6, 6.07) is 4.87. The van der Waals surface area contributed by atoms with Crippen LogP contribution in [0.5, 0.6) is 0 Å². The van der Waals surface area contributed by atoms with Crippen LogP contribution in [0.15, 0.2) is 23.2 Å². The number of anilines is 1. The van der Waals surface area contributed by atoms with Crippen LogP contribution in [-0.4, -0.2) is 5.96 Å². The molecule has 3 nitrogen and oxygen atoms in total. The van der Waals surface area contributed by atoms with E-state index in [1.54, 1.807) is 6.07 Å². The molecule has 1 aromatic rings. The standard InChI is InChI=1S/C8H8FN3.BrH/c9-6-3-1-2-5-4-11-8(10)12-7(5)6;/h1-3H,4H2,(H3,10,11,12);1H. The summed E-state index contributed by atoms with van der Waals surface area (Å²) in [5.74, 6) is -0.0158. The fraction of sp³-hybridized carbons (Fsp3) is 0.125. The van der Waals surface area contributed by atoms with Crippen molar-refractivity contribution in [3.05, 3.63) is 29.6 Å². The van der Waals surface area contributed by atoms with E-state index in [2.05, 4.69) is 10.3 Å². The summed E-state index contributed by atoms with van der Waals surface area (Å²) in [5.41, 5.74) is 6.68. The van der Waals surface area contributed by atoms with Crippen LogP contribution in [0, 0.1) is 5.82 Å². The summed E-state index contributed by atoms with van der Waals surface area (Å²) >= 11 is 0.